The number of aromatic nitrogens is 3. The van der Waals surface area contributed by atoms with Crippen LogP contribution in [-0.4, -0.2) is 26.4 Å². The number of nitrogens with one attached hydrogen (secondary N) is 1. The molecule has 0 aliphatic carbocycles. The van der Waals surface area contributed by atoms with E-state index in [0.29, 0.717) is 0 Å². The van der Waals surface area contributed by atoms with Crippen molar-refractivity contribution in [3.63, 3.8) is 0 Å². The highest BCUT2D eigenvalue weighted by molar-refractivity contribution is 5.92. The summed E-state index contributed by atoms with van der Waals surface area (Å²) in [5, 5.41) is 19.1. The van der Waals surface area contributed by atoms with Crippen LogP contribution in [0.5, 0.6) is 5.75 Å². The van der Waals surface area contributed by atoms with Crippen LogP contribution in [0.25, 0.3) is 10.8 Å². The van der Waals surface area contributed by atoms with Crippen LogP contribution in [0.1, 0.15) is 5.56 Å². The maximum absolute atomic E-state index is 9.59. The lowest BCUT2D eigenvalue weighted by Crippen LogP contribution is -2.11. The average Bonchev–Trinajstić information content (AvgIpc) is 2.85. The normalized spacial score (nSPS) is 10.8. The molecule has 0 spiro atoms. The van der Waals surface area contributed by atoms with Gasteiger partial charge in [-0.05, 0) is 36.1 Å². The minimum absolute atomic E-state index is 0.247. The van der Waals surface area contributed by atoms with Crippen LogP contribution in [0.4, 0.5) is 5.82 Å². The number of phenols is 1. The molecule has 0 unspecified atom stereocenters. The molecule has 0 atom stereocenters. The third-order valence-corrected chi connectivity index (χ3v) is 3.15. The molecule has 0 aliphatic rings. The Morgan fingerprint density at radius 2 is 2.20 bits per heavy atom. The molecule has 5 heteroatoms. The van der Waals surface area contributed by atoms with Crippen molar-refractivity contribution in [1.82, 2.24) is 14.8 Å². The van der Waals surface area contributed by atoms with E-state index < -0.39 is 0 Å². The summed E-state index contributed by atoms with van der Waals surface area (Å²) in [5.41, 5.74) is 1.15. The van der Waals surface area contributed by atoms with Crippen molar-refractivity contribution in [1.29, 1.82) is 0 Å². The van der Waals surface area contributed by atoms with Crippen LogP contribution in [0.15, 0.2) is 42.9 Å². The van der Waals surface area contributed by atoms with Gasteiger partial charge in [-0.25, -0.2) is 4.98 Å². The van der Waals surface area contributed by atoms with Gasteiger partial charge in [-0.1, -0.05) is 6.07 Å². The second kappa shape index (κ2) is 5.21. The Balaban J connectivity index is 1.75. The number of aromatic hydroxyl groups is 1. The van der Waals surface area contributed by atoms with Gasteiger partial charge in [-0.3, -0.25) is 4.68 Å². The molecule has 0 fully saturated rings. The van der Waals surface area contributed by atoms with E-state index in [9.17, 15) is 5.11 Å². The summed E-state index contributed by atoms with van der Waals surface area (Å²) in [4.78, 5) is 4.33. The van der Waals surface area contributed by atoms with E-state index in [4.69, 9.17) is 0 Å². The van der Waals surface area contributed by atoms with Gasteiger partial charge in [0.25, 0.3) is 0 Å². The van der Waals surface area contributed by atoms with Crippen molar-refractivity contribution in [2.24, 2.45) is 0 Å². The summed E-state index contributed by atoms with van der Waals surface area (Å²) >= 11 is 0. The number of aryl methyl sites for hydroxylation is 1. The summed E-state index contributed by atoms with van der Waals surface area (Å²) in [6, 6.07) is 7.21. The lowest BCUT2D eigenvalue weighted by molar-refractivity contribution is 0.476. The quantitative estimate of drug-likeness (QED) is 0.763. The van der Waals surface area contributed by atoms with E-state index in [1.165, 1.54) is 0 Å². The van der Waals surface area contributed by atoms with Crippen LogP contribution < -0.4 is 5.32 Å². The molecule has 0 aliphatic heterocycles. The topological polar surface area (TPSA) is 63.0 Å². The van der Waals surface area contributed by atoms with Crippen LogP contribution >= 0.6 is 0 Å². The minimum Gasteiger partial charge on any atom is -0.508 e. The Morgan fingerprint density at radius 3 is 3.00 bits per heavy atom. The van der Waals surface area contributed by atoms with Crippen molar-refractivity contribution < 1.29 is 5.11 Å². The second-order valence-corrected chi connectivity index (χ2v) is 4.77. The number of hydrogen-bond acceptors (Lipinski definition) is 4. The summed E-state index contributed by atoms with van der Waals surface area (Å²) in [6.45, 7) is 3.51. The molecule has 0 saturated carbocycles. The largest absolute Gasteiger partial charge is 0.508 e. The smallest absolute Gasteiger partial charge is 0.134 e. The van der Waals surface area contributed by atoms with Crippen molar-refractivity contribution in [2.45, 2.75) is 13.5 Å². The Morgan fingerprint density at radius 1 is 1.30 bits per heavy atom. The van der Waals surface area contributed by atoms with Gasteiger partial charge in [0.1, 0.15) is 11.6 Å². The number of phenolic OH excluding ortho intramolecular Hbond substituents is 1. The molecule has 3 aromatic rings. The fourth-order valence-electron chi connectivity index (χ4n) is 2.18. The van der Waals surface area contributed by atoms with Gasteiger partial charge >= 0.3 is 0 Å². The standard InChI is InChI=1S/C15H16N4O/c1-11-9-18-19(10-11)7-6-17-15-14-8-13(20)3-2-12(14)4-5-16-15/h2-5,8-10,20H,6-7H2,1H3,(H,16,17). The molecule has 0 saturated heterocycles. The highest BCUT2D eigenvalue weighted by Gasteiger charge is 2.03. The number of hydrogen-bond donors (Lipinski definition) is 2. The number of rotatable bonds is 4. The summed E-state index contributed by atoms with van der Waals surface area (Å²) in [5.74, 6) is 1.03. The van der Waals surface area contributed by atoms with E-state index in [-0.39, 0.29) is 5.75 Å². The molecule has 102 valence electrons. The molecule has 2 aromatic heterocycles. The average molecular weight is 268 g/mol. The third-order valence-electron chi connectivity index (χ3n) is 3.15. The molecule has 5 nitrogen and oxygen atoms in total. The van der Waals surface area contributed by atoms with Crippen LogP contribution in [-0.2, 0) is 6.54 Å². The molecule has 2 heterocycles. The van der Waals surface area contributed by atoms with E-state index in [1.807, 2.05) is 36.1 Å². The zero-order chi connectivity index (χ0) is 13.9. The van der Waals surface area contributed by atoms with Gasteiger partial charge in [0.15, 0.2) is 0 Å². The van der Waals surface area contributed by atoms with Gasteiger partial charge in [-0.2, -0.15) is 5.10 Å². The van der Waals surface area contributed by atoms with E-state index >= 15 is 0 Å². The first-order chi connectivity index (χ1) is 9.72. The maximum Gasteiger partial charge on any atom is 0.134 e. The molecule has 0 bridgehead atoms. The zero-order valence-corrected chi connectivity index (χ0v) is 11.2. The molecule has 2 N–H and O–H groups in total. The first kappa shape index (κ1) is 12.5. The molecule has 0 radical (unpaired) electrons. The van der Waals surface area contributed by atoms with E-state index in [1.54, 1.807) is 18.3 Å². The SMILES string of the molecule is Cc1cnn(CCNc2nccc3ccc(O)cc23)c1. The zero-order valence-electron chi connectivity index (χ0n) is 11.2. The first-order valence-corrected chi connectivity index (χ1v) is 6.53. The fraction of sp³-hybridized carbons (Fsp3) is 0.200. The lowest BCUT2D eigenvalue weighted by atomic mass is 10.1. The summed E-state index contributed by atoms with van der Waals surface area (Å²) < 4.78 is 1.89. The van der Waals surface area contributed by atoms with E-state index in [0.717, 1.165) is 35.2 Å². The van der Waals surface area contributed by atoms with Crippen molar-refractivity contribution in [2.75, 3.05) is 11.9 Å². The van der Waals surface area contributed by atoms with Crippen molar-refractivity contribution >= 4 is 16.6 Å². The van der Waals surface area contributed by atoms with Gasteiger partial charge in [0, 0.05) is 24.3 Å². The Bertz CT molecular complexity index is 736. The van der Waals surface area contributed by atoms with Crippen LogP contribution in [0.3, 0.4) is 0 Å². The highest BCUT2D eigenvalue weighted by atomic mass is 16.3. The maximum atomic E-state index is 9.59. The van der Waals surface area contributed by atoms with Gasteiger partial charge in [0.05, 0.1) is 12.7 Å². The second-order valence-electron chi connectivity index (χ2n) is 4.77. The molecule has 3 rings (SSSR count). The van der Waals surface area contributed by atoms with Crippen LogP contribution in [0.2, 0.25) is 0 Å². The molecule has 0 amide bonds. The summed E-state index contributed by atoms with van der Waals surface area (Å²) in [7, 11) is 0. The molecule has 1 aromatic carbocycles. The Labute approximate surface area is 116 Å². The number of nitrogens with zero attached hydrogens (tertiary/aromatic N) is 3. The molecule has 20 heavy (non-hydrogen) atoms. The van der Waals surface area contributed by atoms with Crippen molar-refractivity contribution in [3.8, 4) is 5.75 Å². The van der Waals surface area contributed by atoms with Gasteiger partial charge < -0.3 is 10.4 Å². The lowest BCUT2D eigenvalue weighted by Gasteiger charge is -2.09. The predicted molar refractivity (Wildman–Crippen MR) is 78.9 cm³/mol. The number of benzene rings is 1. The highest BCUT2D eigenvalue weighted by Crippen LogP contribution is 2.24. The first-order valence-electron chi connectivity index (χ1n) is 6.53. The number of anilines is 1. The van der Waals surface area contributed by atoms with Crippen LogP contribution in [0, 0.1) is 6.92 Å². The monoisotopic (exact) mass is 268 g/mol. The van der Waals surface area contributed by atoms with Gasteiger partial charge in [-0.15, -0.1) is 0 Å². The molecular weight excluding hydrogens is 252 g/mol. The predicted octanol–water partition coefficient (Wildman–Crippen LogP) is 2.56. The summed E-state index contributed by atoms with van der Waals surface area (Å²) in [6.07, 6.45) is 5.61. The molecular formula is C15H16N4O. The van der Waals surface area contributed by atoms with E-state index in [2.05, 4.69) is 15.4 Å². The Kier molecular flexibility index (Phi) is 3.25. The minimum atomic E-state index is 0.247. The Hall–Kier alpha value is -2.56. The van der Waals surface area contributed by atoms with Crippen molar-refractivity contribution in [3.05, 3.63) is 48.4 Å². The van der Waals surface area contributed by atoms with Gasteiger partial charge in [0.2, 0.25) is 0 Å². The number of pyridine rings is 1. The third kappa shape index (κ3) is 2.56. The fourth-order valence-corrected chi connectivity index (χ4v) is 2.18. The number of fused-ring (bicyclic) bond motifs is 1.